The average molecular weight is 349 g/mol. The van der Waals surface area contributed by atoms with Crippen LogP contribution in [0.2, 0.25) is 0 Å². The van der Waals surface area contributed by atoms with E-state index in [0.29, 0.717) is 19.5 Å². The molecule has 134 valence electrons. The van der Waals surface area contributed by atoms with E-state index in [9.17, 15) is 4.79 Å². The van der Waals surface area contributed by atoms with Crippen molar-refractivity contribution in [1.82, 2.24) is 15.1 Å². The zero-order valence-electron chi connectivity index (χ0n) is 15.1. The van der Waals surface area contributed by atoms with Gasteiger partial charge in [0.2, 0.25) is 5.91 Å². The standard InChI is InChI=1S/C21H23N3O2/c1-16-14-17(2)24(23-16)13-12-21(25)22-15-18-8-6-7-11-20(18)26-19-9-4-3-5-10-19/h3-11,14H,12-13,15H2,1-2H3,(H,22,25). The van der Waals surface area contributed by atoms with E-state index >= 15 is 0 Å². The number of hydrogen-bond acceptors (Lipinski definition) is 3. The molecular weight excluding hydrogens is 326 g/mol. The molecule has 3 aromatic rings. The van der Waals surface area contributed by atoms with E-state index in [2.05, 4.69) is 10.4 Å². The highest BCUT2D eigenvalue weighted by Gasteiger charge is 2.08. The minimum Gasteiger partial charge on any atom is -0.457 e. The van der Waals surface area contributed by atoms with Crippen LogP contribution in [0, 0.1) is 13.8 Å². The van der Waals surface area contributed by atoms with Gasteiger partial charge in [0.15, 0.2) is 0 Å². The summed E-state index contributed by atoms with van der Waals surface area (Å²) in [6.07, 6.45) is 0.393. The number of carbonyl (C=O) groups excluding carboxylic acids is 1. The summed E-state index contributed by atoms with van der Waals surface area (Å²) in [5.74, 6) is 1.51. The number of nitrogens with zero attached hydrogens (tertiary/aromatic N) is 2. The Hall–Kier alpha value is -3.08. The maximum Gasteiger partial charge on any atom is 0.222 e. The molecule has 0 saturated carbocycles. The fourth-order valence-electron chi connectivity index (χ4n) is 2.76. The Kier molecular flexibility index (Phi) is 5.69. The third kappa shape index (κ3) is 4.72. The molecule has 0 spiro atoms. The van der Waals surface area contributed by atoms with E-state index in [1.54, 1.807) is 0 Å². The fraction of sp³-hybridized carbons (Fsp3) is 0.238. The van der Waals surface area contributed by atoms with Gasteiger partial charge in [0.25, 0.3) is 0 Å². The number of hydrogen-bond donors (Lipinski definition) is 1. The molecule has 26 heavy (non-hydrogen) atoms. The molecule has 0 aliphatic carbocycles. The van der Waals surface area contributed by atoms with E-state index in [1.165, 1.54) is 0 Å². The predicted octanol–water partition coefficient (Wildman–Crippen LogP) is 4.00. The first-order valence-corrected chi connectivity index (χ1v) is 8.70. The normalized spacial score (nSPS) is 10.5. The molecule has 1 N–H and O–H groups in total. The molecule has 0 bridgehead atoms. The molecule has 0 radical (unpaired) electrons. The molecule has 0 aliphatic heterocycles. The number of amides is 1. The van der Waals surface area contributed by atoms with Crippen molar-refractivity contribution in [2.75, 3.05) is 0 Å². The number of aryl methyl sites for hydroxylation is 3. The number of nitrogens with one attached hydrogen (secondary N) is 1. The van der Waals surface area contributed by atoms with Gasteiger partial charge in [0.05, 0.1) is 5.69 Å². The van der Waals surface area contributed by atoms with Gasteiger partial charge in [-0.2, -0.15) is 5.10 Å². The summed E-state index contributed by atoms with van der Waals surface area (Å²) in [6, 6.07) is 19.4. The number of carbonyl (C=O) groups is 1. The van der Waals surface area contributed by atoms with Crippen LogP contribution in [0.1, 0.15) is 23.4 Å². The molecule has 1 aromatic heterocycles. The third-order valence-corrected chi connectivity index (χ3v) is 4.07. The predicted molar refractivity (Wildman–Crippen MR) is 101 cm³/mol. The lowest BCUT2D eigenvalue weighted by Crippen LogP contribution is -2.24. The molecule has 0 unspecified atom stereocenters. The van der Waals surface area contributed by atoms with Crippen LogP contribution in [0.5, 0.6) is 11.5 Å². The van der Waals surface area contributed by atoms with Crippen molar-refractivity contribution >= 4 is 5.91 Å². The van der Waals surface area contributed by atoms with E-state index in [-0.39, 0.29) is 5.91 Å². The minimum absolute atomic E-state index is 0.00735. The van der Waals surface area contributed by atoms with Crippen molar-refractivity contribution in [3.63, 3.8) is 0 Å². The topological polar surface area (TPSA) is 56.2 Å². The Morgan fingerprint density at radius 3 is 2.54 bits per heavy atom. The Balaban J connectivity index is 1.56. The number of para-hydroxylation sites is 2. The van der Waals surface area contributed by atoms with E-state index in [0.717, 1.165) is 28.5 Å². The molecule has 0 aliphatic rings. The summed E-state index contributed by atoms with van der Waals surface area (Å²) in [4.78, 5) is 12.2. The molecule has 3 rings (SSSR count). The summed E-state index contributed by atoms with van der Waals surface area (Å²) < 4.78 is 7.79. The zero-order chi connectivity index (χ0) is 18.4. The van der Waals surface area contributed by atoms with Gasteiger partial charge in [-0.15, -0.1) is 0 Å². The Bertz CT molecular complexity index is 872. The second-order valence-electron chi connectivity index (χ2n) is 6.20. The van der Waals surface area contributed by atoms with Crippen LogP contribution < -0.4 is 10.1 Å². The Morgan fingerprint density at radius 2 is 1.81 bits per heavy atom. The SMILES string of the molecule is Cc1cc(C)n(CCC(=O)NCc2ccccc2Oc2ccccc2)n1. The van der Waals surface area contributed by atoms with Crippen LogP contribution in [-0.4, -0.2) is 15.7 Å². The lowest BCUT2D eigenvalue weighted by Gasteiger charge is -2.12. The highest BCUT2D eigenvalue weighted by molar-refractivity contribution is 5.75. The second-order valence-corrected chi connectivity index (χ2v) is 6.20. The van der Waals surface area contributed by atoms with Gasteiger partial charge in [-0.3, -0.25) is 9.48 Å². The summed E-state index contributed by atoms with van der Waals surface area (Å²) in [7, 11) is 0. The number of rotatable bonds is 7. The molecule has 2 aromatic carbocycles. The van der Waals surface area contributed by atoms with Gasteiger partial charge in [-0.25, -0.2) is 0 Å². The van der Waals surface area contributed by atoms with E-state index in [1.807, 2.05) is 79.2 Å². The third-order valence-electron chi connectivity index (χ3n) is 4.07. The van der Waals surface area contributed by atoms with Crippen molar-refractivity contribution in [2.24, 2.45) is 0 Å². The van der Waals surface area contributed by atoms with Crippen LogP contribution >= 0.6 is 0 Å². The van der Waals surface area contributed by atoms with Gasteiger partial charge >= 0.3 is 0 Å². The largest absolute Gasteiger partial charge is 0.457 e. The van der Waals surface area contributed by atoms with Crippen LogP contribution in [0.15, 0.2) is 60.7 Å². The molecule has 5 heteroatoms. The maximum atomic E-state index is 12.2. The van der Waals surface area contributed by atoms with Crippen molar-refractivity contribution < 1.29 is 9.53 Å². The number of aromatic nitrogens is 2. The highest BCUT2D eigenvalue weighted by Crippen LogP contribution is 2.24. The van der Waals surface area contributed by atoms with Gasteiger partial charge in [-0.05, 0) is 38.1 Å². The monoisotopic (exact) mass is 349 g/mol. The van der Waals surface area contributed by atoms with Gasteiger partial charge in [0, 0.05) is 30.8 Å². The van der Waals surface area contributed by atoms with Gasteiger partial charge in [-0.1, -0.05) is 36.4 Å². The molecule has 0 atom stereocenters. The highest BCUT2D eigenvalue weighted by atomic mass is 16.5. The number of ether oxygens (including phenoxy) is 1. The Labute approximate surface area is 153 Å². The smallest absolute Gasteiger partial charge is 0.222 e. The second kappa shape index (κ2) is 8.34. The summed E-state index contributed by atoms with van der Waals surface area (Å²) in [5.41, 5.74) is 2.97. The fourth-order valence-corrected chi connectivity index (χ4v) is 2.76. The molecular formula is C21H23N3O2. The first-order chi connectivity index (χ1) is 12.6. The Morgan fingerprint density at radius 1 is 1.08 bits per heavy atom. The van der Waals surface area contributed by atoms with Crippen molar-refractivity contribution in [1.29, 1.82) is 0 Å². The number of benzene rings is 2. The quantitative estimate of drug-likeness (QED) is 0.701. The van der Waals surface area contributed by atoms with Crippen molar-refractivity contribution in [3.8, 4) is 11.5 Å². The molecule has 0 fully saturated rings. The van der Waals surface area contributed by atoms with Crippen LogP contribution in [0.4, 0.5) is 0 Å². The van der Waals surface area contributed by atoms with Crippen LogP contribution in [-0.2, 0) is 17.9 Å². The lowest BCUT2D eigenvalue weighted by atomic mass is 10.2. The molecule has 0 saturated heterocycles. The van der Waals surface area contributed by atoms with E-state index in [4.69, 9.17) is 4.74 Å². The first kappa shape index (κ1) is 17.7. The summed E-state index contributed by atoms with van der Waals surface area (Å²) in [6.45, 7) is 4.95. The van der Waals surface area contributed by atoms with Crippen LogP contribution in [0.3, 0.4) is 0 Å². The average Bonchev–Trinajstić information content (AvgIpc) is 2.97. The zero-order valence-corrected chi connectivity index (χ0v) is 15.1. The molecule has 5 nitrogen and oxygen atoms in total. The minimum atomic E-state index is -0.00735. The summed E-state index contributed by atoms with van der Waals surface area (Å²) >= 11 is 0. The van der Waals surface area contributed by atoms with Crippen molar-refractivity contribution in [2.45, 2.75) is 33.4 Å². The molecule has 1 amide bonds. The summed E-state index contributed by atoms with van der Waals surface area (Å²) in [5, 5.41) is 7.34. The first-order valence-electron chi connectivity index (χ1n) is 8.70. The van der Waals surface area contributed by atoms with Gasteiger partial charge < -0.3 is 10.1 Å². The lowest BCUT2D eigenvalue weighted by molar-refractivity contribution is -0.121. The maximum absolute atomic E-state index is 12.2. The van der Waals surface area contributed by atoms with E-state index < -0.39 is 0 Å². The van der Waals surface area contributed by atoms with Crippen LogP contribution in [0.25, 0.3) is 0 Å². The molecule has 1 heterocycles. The van der Waals surface area contributed by atoms with Crippen molar-refractivity contribution in [3.05, 3.63) is 77.6 Å². The van der Waals surface area contributed by atoms with Gasteiger partial charge in [0.1, 0.15) is 11.5 Å².